The molecule has 0 aliphatic carbocycles. The third kappa shape index (κ3) is 3.95. The van der Waals surface area contributed by atoms with Crippen molar-refractivity contribution in [3.63, 3.8) is 0 Å². The van der Waals surface area contributed by atoms with Crippen molar-refractivity contribution in [2.24, 2.45) is 0 Å². The van der Waals surface area contributed by atoms with Crippen molar-refractivity contribution in [2.75, 3.05) is 24.5 Å². The normalized spacial score (nSPS) is 17.4. The number of aromatic nitrogens is 1. The molecule has 1 amide bonds. The fourth-order valence-corrected chi connectivity index (χ4v) is 2.59. The topological polar surface area (TPSA) is 36.4 Å². The van der Waals surface area contributed by atoms with Crippen LogP contribution in [0.1, 0.15) is 39.7 Å². The zero-order valence-electron chi connectivity index (χ0n) is 13.4. The van der Waals surface area contributed by atoms with E-state index in [1.807, 2.05) is 38.8 Å². The van der Waals surface area contributed by atoms with Crippen LogP contribution in [0.15, 0.2) is 18.3 Å². The summed E-state index contributed by atoms with van der Waals surface area (Å²) in [7, 11) is 0. The van der Waals surface area contributed by atoms with E-state index in [-0.39, 0.29) is 5.91 Å². The number of likely N-dealkylation sites (N-methyl/N-ethyl adjacent to an activating group) is 1. The summed E-state index contributed by atoms with van der Waals surface area (Å²) in [4.78, 5) is 20.2. The van der Waals surface area contributed by atoms with Crippen LogP contribution in [0.3, 0.4) is 0 Å². The lowest BCUT2D eigenvalue weighted by Gasteiger charge is -2.26. The van der Waals surface area contributed by atoms with Crippen molar-refractivity contribution in [1.29, 1.82) is 0 Å². The number of nitrogens with zero attached hydrogens (tertiary/aromatic N) is 3. The SMILES string of the molecule is CC.CCN(C(C)=O)C1CCN(c2ccc(C)cn2)C1. The maximum absolute atomic E-state index is 11.5. The molecular formula is C16H27N3O. The Morgan fingerprint density at radius 2 is 2.15 bits per heavy atom. The smallest absolute Gasteiger partial charge is 0.219 e. The van der Waals surface area contributed by atoms with E-state index in [9.17, 15) is 4.79 Å². The second kappa shape index (κ2) is 7.88. The van der Waals surface area contributed by atoms with Crippen molar-refractivity contribution >= 4 is 11.7 Å². The number of aryl methyl sites for hydroxylation is 1. The number of anilines is 1. The van der Waals surface area contributed by atoms with Gasteiger partial charge < -0.3 is 9.80 Å². The molecule has 0 spiro atoms. The molecule has 0 radical (unpaired) electrons. The molecule has 4 heteroatoms. The Bertz CT molecular complexity index is 416. The van der Waals surface area contributed by atoms with Gasteiger partial charge in [0.2, 0.25) is 5.91 Å². The van der Waals surface area contributed by atoms with Gasteiger partial charge >= 0.3 is 0 Å². The van der Waals surface area contributed by atoms with Crippen LogP contribution in [0.2, 0.25) is 0 Å². The number of hydrogen-bond donors (Lipinski definition) is 0. The number of carbonyl (C=O) groups excluding carboxylic acids is 1. The summed E-state index contributed by atoms with van der Waals surface area (Å²) < 4.78 is 0. The first-order valence-corrected chi connectivity index (χ1v) is 7.56. The molecule has 1 aliphatic rings. The zero-order valence-corrected chi connectivity index (χ0v) is 13.4. The molecule has 1 fully saturated rings. The zero-order chi connectivity index (χ0) is 15.1. The highest BCUT2D eigenvalue weighted by molar-refractivity contribution is 5.73. The summed E-state index contributed by atoms with van der Waals surface area (Å²) in [5.41, 5.74) is 1.17. The van der Waals surface area contributed by atoms with Crippen molar-refractivity contribution in [3.8, 4) is 0 Å². The summed E-state index contributed by atoms with van der Waals surface area (Å²) in [5, 5.41) is 0. The lowest BCUT2D eigenvalue weighted by Crippen LogP contribution is -2.40. The third-order valence-electron chi connectivity index (χ3n) is 3.57. The van der Waals surface area contributed by atoms with Gasteiger partial charge in [-0.25, -0.2) is 4.98 Å². The Balaban J connectivity index is 0.000000956. The molecule has 4 nitrogen and oxygen atoms in total. The molecule has 0 N–H and O–H groups in total. The van der Waals surface area contributed by atoms with Gasteiger partial charge in [0.05, 0.1) is 6.04 Å². The van der Waals surface area contributed by atoms with Crippen LogP contribution in [0.4, 0.5) is 5.82 Å². The Morgan fingerprint density at radius 1 is 1.45 bits per heavy atom. The average molecular weight is 277 g/mol. The van der Waals surface area contributed by atoms with Crippen LogP contribution in [-0.4, -0.2) is 41.5 Å². The molecule has 1 aliphatic heterocycles. The largest absolute Gasteiger partial charge is 0.354 e. The molecular weight excluding hydrogens is 250 g/mol. The van der Waals surface area contributed by atoms with E-state index in [1.54, 1.807) is 6.92 Å². The van der Waals surface area contributed by atoms with Gasteiger partial charge in [0.15, 0.2) is 0 Å². The van der Waals surface area contributed by atoms with Gasteiger partial charge in [0.1, 0.15) is 5.82 Å². The van der Waals surface area contributed by atoms with E-state index in [0.717, 1.165) is 31.9 Å². The van der Waals surface area contributed by atoms with Crippen molar-refractivity contribution < 1.29 is 4.79 Å². The van der Waals surface area contributed by atoms with Crippen molar-refractivity contribution in [2.45, 2.75) is 47.1 Å². The summed E-state index contributed by atoms with van der Waals surface area (Å²) in [6.45, 7) is 12.4. The molecule has 1 saturated heterocycles. The molecule has 1 atom stereocenters. The van der Waals surface area contributed by atoms with Gasteiger partial charge in [-0.15, -0.1) is 0 Å². The molecule has 1 aromatic rings. The van der Waals surface area contributed by atoms with E-state index in [2.05, 4.69) is 22.0 Å². The lowest BCUT2D eigenvalue weighted by atomic mass is 10.2. The van der Waals surface area contributed by atoms with Gasteiger partial charge in [0, 0.05) is 32.8 Å². The number of carbonyl (C=O) groups is 1. The first kappa shape index (κ1) is 16.5. The van der Waals surface area contributed by atoms with Crippen molar-refractivity contribution in [1.82, 2.24) is 9.88 Å². The van der Waals surface area contributed by atoms with E-state index >= 15 is 0 Å². The summed E-state index contributed by atoms with van der Waals surface area (Å²) in [5.74, 6) is 1.18. The van der Waals surface area contributed by atoms with Crippen molar-refractivity contribution in [3.05, 3.63) is 23.9 Å². The highest BCUT2D eigenvalue weighted by Gasteiger charge is 2.28. The number of amides is 1. The van der Waals surface area contributed by atoms with Crippen LogP contribution >= 0.6 is 0 Å². The Hall–Kier alpha value is -1.58. The van der Waals surface area contributed by atoms with E-state index in [1.165, 1.54) is 5.56 Å². The van der Waals surface area contributed by atoms with Gasteiger partial charge in [-0.05, 0) is 31.9 Å². The fourth-order valence-electron chi connectivity index (χ4n) is 2.59. The highest BCUT2D eigenvalue weighted by Crippen LogP contribution is 2.21. The molecule has 1 aromatic heterocycles. The average Bonchev–Trinajstić information content (AvgIpc) is 2.92. The Morgan fingerprint density at radius 3 is 2.65 bits per heavy atom. The third-order valence-corrected chi connectivity index (χ3v) is 3.57. The predicted molar refractivity (Wildman–Crippen MR) is 84.0 cm³/mol. The molecule has 1 unspecified atom stereocenters. The summed E-state index contributed by atoms with van der Waals surface area (Å²) in [6, 6.07) is 4.47. The van der Waals surface area contributed by atoms with Gasteiger partial charge in [-0.2, -0.15) is 0 Å². The number of hydrogen-bond acceptors (Lipinski definition) is 3. The van der Waals surface area contributed by atoms with Crippen LogP contribution in [0.25, 0.3) is 0 Å². The maximum atomic E-state index is 11.5. The standard InChI is InChI=1S/C14H21N3O.C2H6/c1-4-17(12(3)18)13-7-8-16(10-13)14-6-5-11(2)9-15-14;1-2/h5-6,9,13H,4,7-8,10H2,1-3H3;1-2H3. The first-order chi connectivity index (χ1) is 9.61. The summed E-state index contributed by atoms with van der Waals surface area (Å²) >= 11 is 0. The van der Waals surface area contributed by atoms with E-state index in [0.29, 0.717) is 6.04 Å². The van der Waals surface area contributed by atoms with E-state index in [4.69, 9.17) is 0 Å². The lowest BCUT2D eigenvalue weighted by molar-refractivity contribution is -0.130. The molecule has 0 aromatic carbocycles. The van der Waals surface area contributed by atoms with Crippen LogP contribution in [0, 0.1) is 6.92 Å². The van der Waals surface area contributed by atoms with Crippen LogP contribution < -0.4 is 4.90 Å². The predicted octanol–water partition coefficient (Wildman–Crippen LogP) is 2.86. The maximum Gasteiger partial charge on any atom is 0.219 e. The number of pyridine rings is 1. The quantitative estimate of drug-likeness (QED) is 0.852. The van der Waals surface area contributed by atoms with Gasteiger partial charge in [0.25, 0.3) is 0 Å². The molecule has 0 saturated carbocycles. The summed E-state index contributed by atoms with van der Waals surface area (Å²) in [6.07, 6.45) is 2.92. The first-order valence-electron chi connectivity index (χ1n) is 7.56. The molecule has 2 rings (SSSR count). The van der Waals surface area contributed by atoms with Gasteiger partial charge in [-0.1, -0.05) is 19.9 Å². The number of rotatable bonds is 3. The molecule has 0 bridgehead atoms. The van der Waals surface area contributed by atoms with Gasteiger partial charge in [-0.3, -0.25) is 4.79 Å². The molecule has 112 valence electrons. The second-order valence-corrected chi connectivity index (χ2v) is 4.89. The fraction of sp³-hybridized carbons (Fsp3) is 0.625. The monoisotopic (exact) mass is 277 g/mol. The van der Waals surface area contributed by atoms with Crippen LogP contribution in [-0.2, 0) is 4.79 Å². The minimum Gasteiger partial charge on any atom is -0.354 e. The van der Waals surface area contributed by atoms with Crippen LogP contribution in [0.5, 0.6) is 0 Å². The Labute approximate surface area is 122 Å². The Kier molecular flexibility index (Phi) is 6.49. The minimum absolute atomic E-state index is 0.168. The highest BCUT2D eigenvalue weighted by atomic mass is 16.2. The minimum atomic E-state index is 0.168. The van der Waals surface area contributed by atoms with E-state index < -0.39 is 0 Å². The second-order valence-electron chi connectivity index (χ2n) is 4.89. The molecule has 20 heavy (non-hydrogen) atoms. The molecule has 2 heterocycles.